The number of thiophene rings is 2. The van der Waals surface area contributed by atoms with Crippen molar-refractivity contribution >= 4 is 71.4 Å². The predicted octanol–water partition coefficient (Wildman–Crippen LogP) is 6.72. The summed E-state index contributed by atoms with van der Waals surface area (Å²) < 4.78 is 40.8. The quantitative estimate of drug-likeness (QED) is 0.211. The molecule has 5 nitrogen and oxygen atoms in total. The van der Waals surface area contributed by atoms with Gasteiger partial charge in [0.05, 0.1) is 29.7 Å². The number of halogens is 4. The molecule has 4 aromatic rings. The standard InChI is InChI=1S/C21H15BrF3N3OS3.H2O/c1-10-16-11(2)18(22)32-19(16)31-17(10)14-6-7-26-20(28-14)30-9-15(29)27-13-5-3-4-12(8-13)21(23,24)25;/h3-8H,9H2,1-2H3,(H,27,29);1H2. The summed E-state index contributed by atoms with van der Waals surface area (Å²) >= 11 is 8.08. The number of hydrogen-bond acceptors (Lipinski definition) is 6. The SMILES string of the molecule is Cc1c(Br)sc2sc(-c3ccnc(SCC(=O)Nc4cccc(C(F)(F)F)c4)n3)c(C)c12.O. The summed E-state index contributed by atoms with van der Waals surface area (Å²) in [5, 5.41) is 4.15. The Morgan fingerprint density at radius 1 is 1.18 bits per heavy atom. The van der Waals surface area contributed by atoms with E-state index in [1.165, 1.54) is 27.1 Å². The number of aromatic nitrogens is 2. The van der Waals surface area contributed by atoms with E-state index in [2.05, 4.69) is 45.1 Å². The molecule has 12 heteroatoms. The molecule has 33 heavy (non-hydrogen) atoms. The van der Waals surface area contributed by atoms with Gasteiger partial charge < -0.3 is 10.8 Å². The van der Waals surface area contributed by atoms with Crippen LogP contribution in [0.1, 0.15) is 16.7 Å². The van der Waals surface area contributed by atoms with E-state index in [1.54, 1.807) is 28.9 Å². The fraction of sp³-hybridized carbons (Fsp3) is 0.190. The number of amides is 1. The Kier molecular flexibility index (Phi) is 7.84. The summed E-state index contributed by atoms with van der Waals surface area (Å²) in [5.41, 5.74) is 2.42. The average Bonchev–Trinajstić information content (AvgIpc) is 3.21. The number of alkyl halides is 3. The number of carbonyl (C=O) groups excluding carboxylic acids is 1. The van der Waals surface area contributed by atoms with Gasteiger partial charge in [-0.15, -0.1) is 22.7 Å². The van der Waals surface area contributed by atoms with E-state index in [9.17, 15) is 18.0 Å². The summed E-state index contributed by atoms with van der Waals surface area (Å²) in [6.45, 7) is 4.15. The van der Waals surface area contributed by atoms with Crippen LogP contribution in [0.2, 0.25) is 0 Å². The minimum absolute atomic E-state index is 0. The lowest BCUT2D eigenvalue weighted by atomic mass is 10.1. The van der Waals surface area contributed by atoms with Crippen LogP contribution in [-0.4, -0.2) is 27.1 Å². The van der Waals surface area contributed by atoms with E-state index in [0.29, 0.717) is 5.16 Å². The normalized spacial score (nSPS) is 11.5. The van der Waals surface area contributed by atoms with E-state index in [-0.39, 0.29) is 16.9 Å². The molecule has 1 aromatic carbocycles. The molecule has 0 aliphatic heterocycles. The molecule has 0 radical (unpaired) electrons. The highest BCUT2D eigenvalue weighted by atomic mass is 79.9. The Labute approximate surface area is 207 Å². The molecule has 0 aliphatic rings. The number of hydrogen-bond donors (Lipinski definition) is 1. The van der Waals surface area contributed by atoms with Crippen molar-refractivity contribution in [1.29, 1.82) is 0 Å². The number of aryl methyl sites for hydroxylation is 2. The third kappa shape index (κ3) is 5.57. The van der Waals surface area contributed by atoms with E-state index >= 15 is 0 Å². The molecule has 4 rings (SSSR count). The molecule has 3 N–H and O–H groups in total. The van der Waals surface area contributed by atoms with Crippen LogP contribution < -0.4 is 5.32 Å². The highest BCUT2D eigenvalue weighted by Crippen LogP contribution is 2.46. The van der Waals surface area contributed by atoms with Crippen molar-refractivity contribution in [2.75, 3.05) is 11.1 Å². The topological polar surface area (TPSA) is 86.4 Å². The van der Waals surface area contributed by atoms with E-state index in [0.717, 1.165) is 43.8 Å². The van der Waals surface area contributed by atoms with Crippen molar-refractivity contribution in [3.63, 3.8) is 0 Å². The molecular weight excluding hydrogens is 559 g/mol. The first kappa shape index (κ1) is 25.6. The largest absolute Gasteiger partial charge is 0.416 e. The minimum Gasteiger partial charge on any atom is -0.412 e. The van der Waals surface area contributed by atoms with Gasteiger partial charge in [0.25, 0.3) is 0 Å². The van der Waals surface area contributed by atoms with Crippen molar-refractivity contribution in [2.24, 2.45) is 0 Å². The fourth-order valence-corrected chi connectivity index (χ4v) is 7.33. The first-order valence-corrected chi connectivity index (χ1v) is 12.7. The maximum Gasteiger partial charge on any atom is 0.416 e. The van der Waals surface area contributed by atoms with Gasteiger partial charge in [0.2, 0.25) is 5.91 Å². The lowest BCUT2D eigenvalue weighted by molar-refractivity contribution is -0.137. The van der Waals surface area contributed by atoms with Crippen LogP contribution in [0.3, 0.4) is 0 Å². The van der Waals surface area contributed by atoms with Gasteiger partial charge in [0.15, 0.2) is 5.16 Å². The maximum atomic E-state index is 12.8. The van der Waals surface area contributed by atoms with Crippen LogP contribution in [-0.2, 0) is 11.0 Å². The van der Waals surface area contributed by atoms with E-state index in [1.807, 2.05) is 6.07 Å². The van der Waals surface area contributed by atoms with E-state index in [4.69, 9.17) is 0 Å². The highest BCUT2D eigenvalue weighted by Gasteiger charge is 2.30. The molecule has 0 saturated carbocycles. The molecule has 174 valence electrons. The molecule has 0 saturated heterocycles. The first-order valence-electron chi connectivity index (χ1n) is 9.25. The highest BCUT2D eigenvalue weighted by molar-refractivity contribution is 9.11. The smallest absolute Gasteiger partial charge is 0.412 e. The molecule has 0 spiro atoms. The second-order valence-corrected chi connectivity index (χ2v) is 11.4. The fourth-order valence-electron chi connectivity index (χ4n) is 3.13. The second-order valence-electron chi connectivity index (χ2n) is 6.86. The molecular formula is C21H17BrF3N3O2S3. The molecule has 0 unspecified atom stereocenters. The maximum absolute atomic E-state index is 12.8. The van der Waals surface area contributed by atoms with E-state index < -0.39 is 17.6 Å². The first-order chi connectivity index (χ1) is 15.1. The third-order valence-electron chi connectivity index (χ3n) is 4.64. The lowest BCUT2D eigenvalue weighted by Gasteiger charge is -2.09. The van der Waals surface area contributed by atoms with Gasteiger partial charge >= 0.3 is 6.18 Å². The van der Waals surface area contributed by atoms with Gasteiger partial charge in [0, 0.05) is 17.3 Å². The molecule has 3 aromatic heterocycles. The zero-order valence-corrected chi connectivity index (χ0v) is 21.2. The van der Waals surface area contributed by atoms with Gasteiger partial charge in [-0.2, -0.15) is 13.2 Å². The number of benzene rings is 1. The minimum atomic E-state index is -4.47. The molecule has 1 amide bonds. The van der Waals surface area contributed by atoms with Crippen LogP contribution in [0.25, 0.3) is 20.0 Å². The van der Waals surface area contributed by atoms with Crippen LogP contribution in [0, 0.1) is 13.8 Å². The molecule has 0 aliphatic carbocycles. The summed E-state index contributed by atoms with van der Waals surface area (Å²) in [6.07, 6.45) is -2.82. The van der Waals surface area contributed by atoms with Crippen molar-refractivity contribution in [2.45, 2.75) is 25.2 Å². The van der Waals surface area contributed by atoms with Gasteiger partial charge in [-0.3, -0.25) is 4.79 Å². The number of thioether (sulfide) groups is 1. The van der Waals surface area contributed by atoms with Crippen LogP contribution in [0.15, 0.2) is 45.5 Å². The summed E-state index contributed by atoms with van der Waals surface area (Å²) in [6, 6.07) is 6.37. The van der Waals surface area contributed by atoms with Gasteiger partial charge in [-0.05, 0) is 65.2 Å². The molecule has 0 atom stereocenters. The Bertz CT molecular complexity index is 1320. The predicted molar refractivity (Wildman–Crippen MR) is 132 cm³/mol. The molecule has 0 fully saturated rings. The summed E-state index contributed by atoms with van der Waals surface area (Å²) in [4.78, 5) is 22.1. The van der Waals surface area contributed by atoms with Crippen molar-refractivity contribution in [1.82, 2.24) is 9.97 Å². The number of anilines is 1. The second kappa shape index (κ2) is 10.1. The van der Waals surface area contributed by atoms with Crippen molar-refractivity contribution in [3.05, 3.63) is 57.0 Å². The summed E-state index contributed by atoms with van der Waals surface area (Å²) in [5.74, 6) is -0.457. The monoisotopic (exact) mass is 575 g/mol. The number of nitrogens with zero attached hydrogens (tertiary/aromatic N) is 2. The Morgan fingerprint density at radius 2 is 1.94 bits per heavy atom. The van der Waals surface area contributed by atoms with Gasteiger partial charge in [-0.25, -0.2) is 9.97 Å². The number of nitrogens with one attached hydrogen (secondary N) is 1. The number of rotatable bonds is 5. The van der Waals surface area contributed by atoms with Gasteiger partial charge in [-0.1, -0.05) is 17.8 Å². The van der Waals surface area contributed by atoms with Crippen molar-refractivity contribution < 1.29 is 23.4 Å². The summed E-state index contributed by atoms with van der Waals surface area (Å²) in [7, 11) is 0. The zero-order chi connectivity index (χ0) is 23.0. The van der Waals surface area contributed by atoms with Gasteiger partial charge in [0.1, 0.15) is 0 Å². The van der Waals surface area contributed by atoms with Crippen LogP contribution in [0.5, 0.6) is 0 Å². The number of carbonyl (C=O) groups is 1. The van der Waals surface area contributed by atoms with Crippen LogP contribution in [0.4, 0.5) is 18.9 Å². The molecule has 0 bridgehead atoms. The average molecular weight is 576 g/mol. The molecule has 3 heterocycles. The Balaban J connectivity index is 0.00000306. The third-order valence-corrected chi connectivity index (χ3v) is 9.06. The lowest BCUT2D eigenvalue weighted by Crippen LogP contribution is -2.15. The Morgan fingerprint density at radius 3 is 2.64 bits per heavy atom. The van der Waals surface area contributed by atoms with Crippen LogP contribution >= 0.6 is 50.4 Å². The van der Waals surface area contributed by atoms with Crippen molar-refractivity contribution in [3.8, 4) is 10.6 Å². The zero-order valence-electron chi connectivity index (χ0n) is 17.2. The number of fused-ring (bicyclic) bond motifs is 1. The Hall–Kier alpha value is -1.99.